The van der Waals surface area contributed by atoms with Crippen molar-refractivity contribution >= 4 is 76.7 Å². The van der Waals surface area contributed by atoms with Crippen LogP contribution in [0.15, 0.2) is 30.3 Å². The number of nitrogens with one attached hydrogen (secondary N) is 9. The summed E-state index contributed by atoms with van der Waals surface area (Å²) in [6.45, 7) is 12.0. The average Bonchev–Trinajstić information content (AvgIpc) is 3.85. The predicted molar refractivity (Wildman–Crippen MR) is 283 cm³/mol. The van der Waals surface area contributed by atoms with Crippen molar-refractivity contribution in [3.63, 3.8) is 0 Å². The summed E-state index contributed by atoms with van der Waals surface area (Å²) < 4.78 is 0. The molecule has 0 radical (unpaired) electrons. The van der Waals surface area contributed by atoms with Gasteiger partial charge < -0.3 is 64.2 Å². The molecule has 0 bridgehead atoms. The monoisotopic (exact) mass is 1070 g/mol. The van der Waals surface area contributed by atoms with Crippen molar-refractivity contribution in [2.24, 2.45) is 23.3 Å². The normalized spacial score (nSPS) is 26.4. The molecule has 2 saturated heterocycles. The molecule has 9 atom stereocenters. The first-order chi connectivity index (χ1) is 35.5. The van der Waals surface area contributed by atoms with E-state index in [1.54, 1.807) is 30.3 Å². The van der Waals surface area contributed by atoms with Crippen LogP contribution in [0.2, 0.25) is 0 Å². The van der Waals surface area contributed by atoms with Gasteiger partial charge in [0.15, 0.2) is 0 Å². The SMILES string of the molecule is CCCC[C@@H]1NC(=O)[C@H](CCCCN)NC(=O)[C@H](CC(C)C)NC(=O)[C@H](CC(C)C)NC(=O)[C@H](C)NC(=O)CSC[C@@H](C(N)=O)NC(=O)[C@H](Cc2ccccc2)NC(=O)CNC(=O)[C@H](C)NC(=O)[C@@H]2CCCN2C1=O. The maximum atomic E-state index is 14.4. The summed E-state index contributed by atoms with van der Waals surface area (Å²) in [4.78, 5) is 152. The second kappa shape index (κ2) is 32.2. The number of nitrogens with zero attached hydrogens (tertiary/aromatic N) is 1. The number of amides is 11. The number of fused-ring (bicyclic) bond motifs is 1. The molecule has 0 aliphatic carbocycles. The highest BCUT2D eigenvalue weighted by Gasteiger charge is 2.40. The molecule has 2 aliphatic heterocycles. The van der Waals surface area contributed by atoms with E-state index >= 15 is 0 Å². The van der Waals surface area contributed by atoms with E-state index in [9.17, 15) is 52.7 Å². The zero-order valence-electron chi connectivity index (χ0n) is 44.6. The zero-order chi connectivity index (χ0) is 55.8. The number of rotatable bonds is 14. The lowest BCUT2D eigenvalue weighted by Crippen LogP contribution is -2.60. The number of thioether (sulfide) groups is 1. The van der Waals surface area contributed by atoms with Crippen molar-refractivity contribution in [1.82, 2.24) is 52.8 Å². The van der Waals surface area contributed by atoms with Crippen LogP contribution in [0.1, 0.15) is 118 Å². The van der Waals surface area contributed by atoms with E-state index in [0.717, 1.165) is 11.8 Å². The summed E-state index contributed by atoms with van der Waals surface area (Å²) in [6, 6.07) is -1.78. The van der Waals surface area contributed by atoms with Gasteiger partial charge in [-0.1, -0.05) is 77.8 Å². The second-order valence-corrected chi connectivity index (χ2v) is 21.2. The summed E-state index contributed by atoms with van der Waals surface area (Å²) in [5.74, 6) is -8.39. The summed E-state index contributed by atoms with van der Waals surface area (Å²) >= 11 is 0.934. The number of carbonyl (C=O) groups excluding carboxylic acids is 11. The maximum Gasteiger partial charge on any atom is 0.245 e. The lowest BCUT2D eigenvalue weighted by atomic mass is 9.99. The number of primary amides is 1. The third kappa shape index (κ3) is 21.8. The lowest BCUT2D eigenvalue weighted by Gasteiger charge is -2.31. The summed E-state index contributed by atoms with van der Waals surface area (Å²) in [7, 11) is 0. The molecule has 75 heavy (non-hydrogen) atoms. The third-order valence-electron chi connectivity index (χ3n) is 12.6. The van der Waals surface area contributed by atoms with E-state index < -0.39 is 126 Å². The van der Waals surface area contributed by atoms with Gasteiger partial charge in [0, 0.05) is 18.7 Å². The van der Waals surface area contributed by atoms with E-state index in [-0.39, 0.29) is 68.4 Å². The van der Waals surface area contributed by atoms with Crippen LogP contribution >= 0.6 is 11.8 Å². The minimum absolute atomic E-state index is 0.0258. The van der Waals surface area contributed by atoms with Gasteiger partial charge in [0.1, 0.15) is 54.4 Å². The molecule has 23 nitrogen and oxygen atoms in total. The molecule has 0 aromatic heterocycles. The maximum absolute atomic E-state index is 14.4. The first kappa shape index (κ1) is 63.0. The highest BCUT2D eigenvalue weighted by Crippen LogP contribution is 2.21. The van der Waals surface area contributed by atoms with Crippen LogP contribution in [0, 0.1) is 11.8 Å². The molecule has 24 heteroatoms. The fraction of sp³-hybridized carbons (Fsp3) is 0.667. The van der Waals surface area contributed by atoms with Gasteiger partial charge in [-0.05, 0) is 89.2 Å². The molecule has 3 rings (SSSR count). The van der Waals surface area contributed by atoms with Gasteiger partial charge in [-0.15, -0.1) is 11.8 Å². The first-order valence-corrected chi connectivity index (χ1v) is 27.3. The zero-order valence-corrected chi connectivity index (χ0v) is 45.4. The fourth-order valence-corrected chi connectivity index (χ4v) is 9.41. The Morgan fingerprint density at radius 1 is 0.640 bits per heavy atom. The third-order valence-corrected chi connectivity index (χ3v) is 13.7. The molecule has 13 N–H and O–H groups in total. The van der Waals surface area contributed by atoms with Gasteiger partial charge in [-0.25, -0.2) is 0 Å². The molecule has 0 saturated carbocycles. The number of benzene rings is 1. The van der Waals surface area contributed by atoms with Gasteiger partial charge in [0.25, 0.3) is 0 Å². The molecular weight excluding hydrogens is 989 g/mol. The van der Waals surface area contributed by atoms with Gasteiger partial charge in [-0.3, -0.25) is 52.7 Å². The number of nitrogens with two attached hydrogens (primary N) is 2. The van der Waals surface area contributed by atoms with E-state index in [4.69, 9.17) is 11.5 Å². The van der Waals surface area contributed by atoms with Crippen molar-refractivity contribution in [2.75, 3.05) is 31.1 Å². The average molecular weight is 1070 g/mol. The van der Waals surface area contributed by atoms with Crippen LogP contribution in [0.25, 0.3) is 0 Å². The summed E-state index contributed by atoms with van der Waals surface area (Å²) in [6.07, 6.45) is 3.52. The van der Waals surface area contributed by atoms with E-state index in [2.05, 4.69) is 47.9 Å². The van der Waals surface area contributed by atoms with E-state index in [1.807, 2.05) is 34.6 Å². The Morgan fingerprint density at radius 2 is 1.20 bits per heavy atom. The molecule has 11 amide bonds. The molecule has 2 heterocycles. The Balaban J connectivity index is 2.01. The number of unbranched alkanes of at least 4 members (excludes halogenated alkanes) is 2. The molecular formula is C51H82N12O11S. The largest absolute Gasteiger partial charge is 0.368 e. The Kier molecular flexibility index (Phi) is 27.1. The predicted octanol–water partition coefficient (Wildman–Crippen LogP) is -1.10. The molecule has 2 aliphatic rings. The molecule has 2 fully saturated rings. The van der Waals surface area contributed by atoms with E-state index in [1.165, 1.54) is 18.7 Å². The second-order valence-electron chi connectivity index (χ2n) is 20.1. The minimum Gasteiger partial charge on any atom is -0.368 e. The number of hydrogen-bond acceptors (Lipinski definition) is 13. The summed E-state index contributed by atoms with van der Waals surface area (Å²) in [5.41, 5.74) is 12.1. The van der Waals surface area contributed by atoms with Crippen LogP contribution in [0.5, 0.6) is 0 Å². The van der Waals surface area contributed by atoms with Crippen molar-refractivity contribution in [3.05, 3.63) is 35.9 Å². The van der Waals surface area contributed by atoms with Crippen molar-refractivity contribution in [1.29, 1.82) is 0 Å². The molecule has 1 aromatic carbocycles. The van der Waals surface area contributed by atoms with Crippen LogP contribution in [-0.2, 0) is 59.2 Å². The van der Waals surface area contributed by atoms with Crippen molar-refractivity contribution in [2.45, 2.75) is 173 Å². The standard InChI is InChI=1S/C51H82N12O11S/c1-8-9-18-35-51(74)63-22-15-20-40(63)50(73)56-31(6)44(67)54-26-41(64)57-38(25-33-16-11-10-12-17-33)49(72)62-39(43(53)66)27-75-28-42(65)55-32(7)45(68)60-36(23-29(2)3)48(71)61-37(24-30(4)5)47(70)58-34(46(69)59-35)19-13-14-21-52/h10-12,16-17,29-32,34-40H,8-9,13-15,18-28,52H2,1-7H3,(H2,53,66)(H,54,67)(H,55,65)(H,56,73)(H,57,64)(H,58,70)(H,59,69)(H,60,68)(H,61,71)(H,62,72)/t31-,32-,34-,35-,36-,37-,38-,39-,40-/m0/s1. The molecule has 418 valence electrons. The minimum atomic E-state index is -1.31. The quantitative estimate of drug-likeness (QED) is 0.0988. The first-order valence-electron chi connectivity index (χ1n) is 26.1. The highest BCUT2D eigenvalue weighted by molar-refractivity contribution is 8.00. The van der Waals surface area contributed by atoms with E-state index in [0.29, 0.717) is 44.2 Å². The Labute approximate surface area is 444 Å². The summed E-state index contributed by atoms with van der Waals surface area (Å²) in [5, 5.41) is 23.9. The van der Waals surface area contributed by atoms with Crippen molar-refractivity contribution in [3.8, 4) is 0 Å². The topological polar surface area (TPSA) is 351 Å². The molecule has 0 unspecified atom stereocenters. The number of carbonyl (C=O) groups is 11. The Bertz CT molecular complexity index is 2130. The molecule has 1 aromatic rings. The van der Waals surface area contributed by atoms with Gasteiger partial charge in [-0.2, -0.15) is 0 Å². The van der Waals surface area contributed by atoms with Crippen LogP contribution in [0.3, 0.4) is 0 Å². The Morgan fingerprint density at radius 3 is 1.80 bits per heavy atom. The number of hydrogen-bond donors (Lipinski definition) is 11. The van der Waals surface area contributed by atoms with Crippen LogP contribution < -0.4 is 59.3 Å². The van der Waals surface area contributed by atoms with Gasteiger partial charge in [0.05, 0.1) is 12.3 Å². The van der Waals surface area contributed by atoms with Crippen LogP contribution in [-0.4, -0.2) is 155 Å². The lowest BCUT2D eigenvalue weighted by molar-refractivity contribution is -0.142. The molecule has 0 spiro atoms. The highest BCUT2D eigenvalue weighted by atomic mass is 32.2. The van der Waals surface area contributed by atoms with Gasteiger partial charge in [0.2, 0.25) is 65.0 Å². The van der Waals surface area contributed by atoms with Crippen molar-refractivity contribution < 1.29 is 52.7 Å². The van der Waals surface area contributed by atoms with Gasteiger partial charge >= 0.3 is 0 Å². The smallest absolute Gasteiger partial charge is 0.245 e. The van der Waals surface area contributed by atoms with Crippen LogP contribution in [0.4, 0.5) is 0 Å². The Hall–Kier alpha value is -6.30. The fourth-order valence-electron chi connectivity index (χ4n) is 8.54.